The van der Waals surface area contributed by atoms with Gasteiger partial charge in [0.15, 0.2) is 5.58 Å². The van der Waals surface area contributed by atoms with E-state index in [1.165, 1.54) is 25.9 Å². The summed E-state index contributed by atoms with van der Waals surface area (Å²) < 4.78 is 33.4. The highest BCUT2D eigenvalue weighted by atomic mass is 32.2. The Bertz CT molecular complexity index is 863. The van der Waals surface area contributed by atoms with E-state index in [2.05, 4.69) is 21.7 Å². The molecule has 4 rings (SSSR count). The number of hydrogen-bond donors (Lipinski definition) is 1. The van der Waals surface area contributed by atoms with Crippen LogP contribution in [0.4, 0.5) is 0 Å². The molecule has 1 N–H and O–H groups in total. The summed E-state index contributed by atoms with van der Waals surface area (Å²) in [6, 6.07) is 8.03. The predicted molar refractivity (Wildman–Crippen MR) is 106 cm³/mol. The Kier molecular flexibility index (Phi) is 5.53. The van der Waals surface area contributed by atoms with Crippen molar-refractivity contribution in [1.82, 2.24) is 14.8 Å². The minimum atomic E-state index is -3.43. The van der Waals surface area contributed by atoms with Gasteiger partial charge in [0, 0.05) is 17.5 Å². The highest BCUT2D eigenvalue weighted by Gasteiger charge is 2.30. The van der Waals surface area contributed by atoms with Gasteiger partial charge in [-0.15, -0.1) is 0 Å². The van der Waals surface area contributed by atoms with E-state index in [1.807, 2.05) is 18.2 Å². The zero-order valence-corrected chi connectivity index (χ0v) is 16.7. The van der Waals surface area contributed by atoms with Crippen molar-refractivity contribution in [3.63, 3.8) is 0 Å². The molecule has 1 aliphatic carbocycles. The van der Waals surface area contributed by atoms with Crippen LogP contribution in [0.3, 0.4) is 0 Å². The predicted octanol–water partition coefficient (Wildman–Crippen LogP) is 3.29. The number of fused-ring (bicyclic) bond motifs is 1. The second kappa shape index (κ2) is 7.89. The minimum Gasteiger partial charge on any atom is -0.356 e. The van der Waals surface area contributed by atoms with E-state index in [1.54, 1.807) is 6.07 Å². The van der Waals surface area contributed by atoms with Gasteiger partial charge in [-0.1, -0.05) is 24.2 Å². The molecule has 1 saturated carbocycles. The molecule has 1 aromatic carbocycles. The van der Waals surface area contributed by atoms with Crippen LogP contribution < -0.4 is 4.72 Å². The van der Waals surface area contributed by atoms with E-state index < -0.39 is 10.0 Å². The first-order valence-corrected chi connectivity index (χ1v) is 11.7. The van der Waals surface area contributed by atoms with E-state index in [0.29, 0.717) is 17.3 Å². The number of nitrogens with zero attached hydrogens (tertiary/aromatic N) is 2. The third-order valence-electron chi connectivity index (χ3n) is 6.16. The Labute approximate surface area is 161 Å². The monoisotopic (exact) mass is 391 g/mol. The Morgan fingerprint density at radius 2 is 1.81 bits per heavy atom. The molecule has 0 unspecified atom stereocenters. The van der Waals surface area contributed by atoms with Crippen LogP contribution in [-0.2, 0) is 15.8 Å². The van der Waals surface area contributed by atoms with Gasteiger partial charge >= 0.3 is 0 Å². The van der Waals surface area contributed by atoms with Gasteiger partial charge in [-0.2, -0.15) is 0 Å². The average molecular weight is 392 g/mol. The number of hydrogen-bond acceptors (Lipinski definition) is 5. The topological polar surface area (TPSA) is 75.4 Å². The molecule has 148 valence electrons. The molecule has 1 saturated heterocycles. The maximum absolute atomic E-state index is 12.6. The zero-order valence-electron chi connectivity index (χ0n) is 15.9. The molecule has 27 heavy (non-hydrogen) atoms. The van der Waals surface area contributed by atoms with Crippen molar-refractivity contribution in [1.29, 1.82) is 0 Å². The van der Waals surface area contributed by atoms with Gasteiger partial charge in [-0.05, 0) is 69.7 Å². The number of sulfonamides is 1. The molecule has 2 aliphatic rings. The first kappa shape index (κ1) is 18.9. The van der Waals surface area contributed by atoms with Crippen LogP contribution in [0.2, 0.25) is 0 Å². The van der Waals surface area contributed by atoms with Crippen LogP contribution in [0.5, 0.6) is 0 Å². The van der Waals surface area contributed by atoms with Crippen molar-refractivity contribution in [3.05, 3.63) is 30.0 Å². The van der Waals surface area contributed by atoms with Gasteiger partial charge in [0.1, 0.15) is 11.4 Å². The fourth-order valence-corrected chi connectivity index (χ4v) is 5.87. The van der Waals surface area contributed by atoms with Crippen LogP contribution >= 0.6 is 0 Å². The fourth-order valence-electron chi connectivity index (χ4n) is 4.47. The number of benzene rings is 1. The maximum atomic E-state index is 12.6. The summed E-state index contributed by atoms with van der Waals surface area (Å²) in [7, 11) is -3.43. The lowest BCUT2D eigenvalue weighted by molar-refractivity contribution is 0.105. The third kappa shape index (κ3) is 4.52. The van der Waals surface area contributed by atoms with Crippen LogP contribution in [0.1, 0.15) is 51.1 Å². The van der Waals surface area contributed by atoms with E-state index in [-0.39, 0.29) is 11.8 Å². The second-order valence-corrected chi connectivity index (χ2v) is 9.98. The molecule has 6 nitrogen and oxygen atoms in total. The SMILES string of the molecule is CC1CCN(C2CCC(NS(=O)(=O)Cc3noc4ccccc34)CC2)CC1. The zero-order chi connectivity index (χ0) is 18.9. The molecule has 2 aromatic rings. The molecule has 0 atom stereocenters. The molecule has 0 spiro atoms. The summed E-state index contributed by atoms with van der Waals surface area (Å²) in [6.45, 7) is 4.73. The minimum absolute atomic E-state index is 0.0353. The van der Waals surface area contributed by atoms with Gasteiger partial charge in [0.25, 0.3) is 0 Å². The van der Waals surface area contributed by atoms with Crippen LogP contribution in [0, 0.1) is 5.92 Å². The average Bonchev–Trinajstić information content (AvgIpc) is 3.05. The number of rotatable bonds is 5. The normalized spacial score (nSPS) is 25.8. The third-order valence-corrected chi connectivity index (χ3v) is 7.50. The molecule has 0 bridgehead atoms. The van der Waals surface area contributed by atoms with Crippen molar-refractivity contribution in [2.75, 3.05) is 13.1 Å². The molecular weight excluding hydrogens is 362 g/mol. The number of aromatic nitrogens is 1. The standard InChI is InChI=1S/C20H29N3O3S/c1-15-10-12-23(13-11-15)17-8-6-16(7-9-17)22-27(24,25)14-19-18-4-2-3-5-20(18)26-21-19/h2-5,15-17,22H,6-14H2,1H3. The molecular formula is C20H29N3O3S. The van der Waals surface area contributed by atoms with Crippen molar-refractivity contribution in [3.8, 4) is 0 Å². The second-order valence-electron chi connectivity index (χ2n) is 8.23. The number of likely N-dealkylation sites (tertiary alicyclic amines) is 1. The first-order valence-electron chi connectivity index (χ1n) is 10.1. The summed E-state index contributed by atoms with van der Waals surface area (Å²) in [5, 5.41) is 4.72. The quantitative estimate of drug-likeness (QED) is 0.846. The van der Waals surface area contributed by atoms with Crippen molar-refractivity contribution in [2.45, 2.75) is 63.3 Å². The summed E-state index contributed by atoms with van der Waals surface area (Å²) in [5.41, 5.74) is 1.10. The molecule has 1 aromatic heterocycles. The number of piperidine rings is 1. The summed E-state index contributed by atoms with van der Waals surface area (Å²) in [5.74, 6) is 0.713. The fraction of sp³-hybridized carbons (Fsp3) is 0.650. The van der Waals surface area contributed by atoms with Crippen molar-refractivity contribution in [2.24, 2.45) is 5.92 Å². The molecule has 2 fully saturated rings. The lowest BCUT2D eigenvalue weighted by Gasteiger charge is -2.40. The summed E-state index contributed by atoms with van der Waals surface area (Å²) >= 11 is 0. The van der Waals surface area contributed by atoms with E-state index in [4.69, 9.17) is 4.52 Å². The molecule has 7 heteroatoms. The van der Waals surface area contributed by atoms with Crippen LogP contribution in [0.25, 0.3) is 11.0 Å². The smallest absolute Gasteiger partial charge is 0.217 e. The van der Waals surface area contributed by atoms with Gasteiger partial charge in [0.2, 0.25) is 10.0 Å². The lowest BCUT2D eigenvalue weighted by atomic mass is 9.88. The maximum Gasteiger partial charge on any atom is 0.217 e. The van der Waals surface area contributed by atoms with Crippen LogP contribution in [0.15, 0.2) is 28.8 Å². The van der Waals surface area contributed by atoms with E-state index in [0.717, 1.165) is 37.0 Å². The molecule has 2 heterocycles. The number of nitrogens with one attached hydrogen (secondary N) is 1. The van der Waals surface area contributed by atoms with Crippen molar-refractivity contribution >= 4 is 21.0 Å². The van der Waals surface area contributed by atoms with Gasteiger partial charge in [-0.3, -0.25) is 0 Å². The largest absolute Gasteiger partial charge is 0.356 e. The summed E-state index contributed by atoms with van der Waals surface area (Å²) in [4.78, 5) is 2.62. The Morgan fingerprint density at radius 1 is 1.11 bits per heavy atom. The Morgan fingerprint density at radius 3 is 2.56 bits per heavy atom. The van der Waals surface area contributed by atoms with E-state index >= 15 is 0 Å². The lowest BCUT2D eigenvalue weighted by Crippen LogP contribution is -2.46. The van der Waals surface area contributed by atoms with Gasteiger partial charge in [-0.25, -0.2) is 13.1 Å². The summed E-state index contributed by atoms with van der Waals surface area (Å²) in [6.07, 6.45) is 6.56. The molecule has 0 amide bonds. The molecule has 0 radical (unpaired) electrons. The Hall–Kier alpha value is -1.44. The van der Waals surface area contributed by atoms with Crippen LogP contribution in [-0.4, -0.2) is 43.6 Å². The first-order chi connectivity index (χ1) is 13.0. The van der Waals surface area contributed by atoms with Gasteiger partial charge in [0.05, 0.1) is 0 Å². The molecule has 1 aliphatic heterocycles. The highest BCUT2D eigenvalue weighted by Crippen LogP contribution is 2.28. The van der Waals surface area contributed by atoms with Crippen molar-refractivity contribution < 1.29 is 12.9 Å². The highest BCUT2D eigenvalue weighted by molar-refractivity contribution is 7.88. The number of para-hydroxylation sites is 1. The van der Waals surface area contributed by atoms with E-state index in [9.17, 15) is 8.42 Å². The van der Waals surface area contributed by atoms with Gasteiger partial charge < -0.3 is 9.42 Å². The Balaban J connectivity index is 1.31.